The van der Waals surface area contributed by atoms with Crippen molar-refractivity contribution in [2.24, 2.45) is 0 Å². The Labute approximate surface area is 99.3 Å². The predicted molar refractivity (Wildman–Crippen MR) is 69.8 cm³/mol. The molecule has 86 valence electrons. The number of thioether (sulfide) groups is 1. The molecule has 5 heteroatoms. The molecule has 2 N–H and O–H groups in total. The molecule has 0 aromatic carbocycles. The molecular weight excluding hydrogens is 220 g/mol. The van der Waals surface area contributed by atoms with Crippen molar-refractivity contribution in [3.05, 3.63) is 17.8 Å². The van der Waals surface area contributed by atoms with Gasteiger partial charge in [0.2, 0.25) is 5.95 Å². The summed E-state index contributed by atoms with van der Waals surface area (Å²) in [5.41, 5.74) is 8.69. The number of anilines is 1. The maximum absolute atomic E-state index is 5.94. The molecule has 2 rings (SSSR count). The second kappa shape index (κ2) is 4.33. The monoisotopic (exact) mass is 236 g/mol. The summed E-state index contributed by atoms with van der Waals surface area (Å²) in [5, 5.41) is 0. The Bertz CT molecular complexity index is 506. The third-order valence-electron chi connectivity index (χ3n) is 2.55. The largest absolute Gasteiger partial charge is 0.369 e. The number of hydrogen-bond acceptors (Lipinski definition) is 4. The third kappa shape index (κ3) is 1.87. The minimum atomic E-state index is 0.314. The van der Waals surface area contributed by atoms with Crippen LogP contribution in [-0.4, -0.2) is 26.5 Å². The van der Waals surface area contributed by atoms with Gasteiger partial charge < -0.3 is 5.73 Å². The first-order valence-corrected chi connectivity index (χ1v) is 6.63. The van der Waals surface area contributed by atoms with E-state index in [1.54, 1.807) is 11.8 Å². The van der Waals surface area contributed by atoms with E-state index in [1.165, 1.54) is 0 Å². The molecule has 0 aliphatic rings. The molecule has 0 spiro atoms. The smallest absolute Gasteiger partial charge is 0.202 e. The topological polar surface area (TPSA) is 56.7 Å². The van der Waals surface area contributed by atoms with Crippen LogP contribution >= 0.6 is 11.8 Å². The van der Waals surface area contributed by atoms with E-state index >= 15 is 0 Å². The summed E-state index contributed by atoms with van der Waals surface area (Å²) in [7, 11) is 0. The van der Waals surface area contributed by atoms with Crippen molar-refractivity contribution >= 4 is 28.9 Å². The van der Waals surface area contributed by atoms with Crippen LogP contribution < -0.4 is 5.73 Å². The first-order valence-electron chi connectivity index (χ1n) is 5.23. The van der Waals surface area contributed by atoms with Gasteiger partial charge in [-0.15, -0.1) is 0 Å². The van der Waals surface area contributed by atoms with E-state index in [0.717, 1.165) is 22.6 Å². The number of nitrogen functional groups attached to an aromatic ring is 1. The molecule has 0 radical (unpaired) electrons. The zero-order chi connectivity index (χ0) is 11.7. The molecule has 2 aromatic heterocycles. The van der Waals surface area contributed by atoms with Crippen molar-refractivity contribution in [1.82, 2.24) is 14.5 Å². The Morgan fingerprint density at radius 1 is 1.44 bits per heavy atom. The lowest BCUT2D eigenvalue weighted by Crippen LogP contribution is -2.11. The second-order valence-corrected chi connectivity index (χ2v) is 4.85. The van der Waals surface area contributed by atoms with Gasteiger partial charge in [-0.3, -0.25) is 4.57 Å². The summed E-state index contributed by atoms with van der Waals surface area (Å²) in [5.74, 6) is 1.56. The molecule has 1 atom stereocenters. The first kappa shape index (κ1) is 11.3. The average Bonchev–Trinajstić information content (AvgIpc) is 2.53. The molecule has 16 heavy (non-hydrogen) atoms. The van der Waals surface area contributed by atoms with Gasteiger partial charge in [0.15, 0.2) is 5.65 Å². The minimum absolute atomic E-state index is 0.314. The maximum atomic E-state index is 5.94. The van der Waals surface area contributed by atoms with Crippen molar-refractivity contribution in [2.75, 3.05) is 17.7 Å². The predicted octanol–water partition coefficient (Wildman–Crippen LogP) is 2.25. The lowest BCUT2D eigenvalue weighted by Gasteiger charge is -2.13. The lowest BCUT2D eigenvalue weighted by atomic mass is 10.3. The van der Waals surface area contributed by atoms with Gasteiger partial charge in [-0.1, -0.05) is 0 Å². The molecule has 0 aliphatic carbocycles. The van der Waals surface area contributed by atoms with Crippen LogP contribution in [-0.2, 0) is 0 Å². The van der Waals surface area contributed by atoms with Gasteiger partial charge in [-0.25, -0.2) is 9.97 Å². The van der Waals surface area contributed by atoms with E-state index in [0.29, 0.717) is 12.0 Å². The maximum Gasteiger partial charge on any atom is 0.202 e. The number of aromatic nitrogens is 3. The molecule has 0 saturated heterocycles. The Morgan fingerprint density at radius 3 is 2.88 bits per heavy atom. The molecule has 4 nitrogen and oxygen atoms in total. The van der Waals surface area contributed by atoms with Crippen LogP contribution in [0.4, 0.5) is 5.95 Å². The van der Waals surface area contributed by atoms with E-state index < -0.39 is 0 Å². The summed E-state index contributed by atoms with van der Waals surface area (Å²) in [6.45, 7) is 4.12. The van der Waals surface area contributed by atoms with Crippen LogP contribution in [0.3, 0.4) is 0 Å². The highest BCUT2D eigenvalue weighted by Gasteiger charge is 2.14. The van der Waals surface area contributed by atoms with E-state index in [1.807, 2.05) is 23.6 Å². The summed E-state index contributed by atoms with van der Waals surface area (Å²) in [6.07, 6.45) is 2.09. The number of nitrogens with two attached hydrogens (primary N) is 1. The molecule has 1 unspecified atom stereocenters. The van der Waals surface area contributed by atoms with Gasteiger partial charge in [-0.2, -0.15) is 11.8 Å². The standard InChI is InChI=1S/C11H16N4S/c1-7-4-5-9-10(13-7)15(11(12)14-9)8(2)6-16-3/h4-5,8H,6H2,1-3H3,(H2,12,14). The number of nitrogens with zero attached hydrogens (tertiary/aromatic N) is 3. The van der Waals surface area contributed by atoms with Crippen LogP contribution in [0.25, 0.3) is 11.2 Å². The number of pyridine rings is 1. The van der Waals surface area contributed by atoms with E-state index in [4.69, 9.17) is 5.73 Å². The zero-order valence-corrected chi connectivity index (χ0v) is 10.6. The highest BCUT2D eigenvalue weighted by molar-refractivity contribution is 7.98. The van der Waals surface area contributed by atoms with Crippen LogP contribution in [0.1, 0.15) is 18.7 Å². The number of rotatable bonds is 3. The Hall–Kier alpha value is -1.23. The van der Waals surface area contributed by atoms with Gasteiger partial charge in [0.05, 0.1) is 0 Å². The van der Waals surface area contributed by atoms with Gasteiger partial charge in [-0.05, 0) is 32.2 Å². The van der Waals surface area contributed by atoms with E-state index in [9.17, 15) is 0 Å². The Kier molecular flexibility index (Phi) is 3.05. The summed E-state index contributed by atoms with van der Waals surface area (Å²) < 4.78 is 2.01. The summed E-state index contributed by atoms with van der Waals surface area (Å²) >= 11 is 1.80. The van der Waals surface area contributed by atoms with Crippen LogP contribution in [0.5, 0.6) is 0 Å². The second-order valence-electron chi connectivity index (χ2n) is 3.94. The van der Waals surface area contributed by atoms with E-state index in [2.05, 4.69) is 23.1 Å². The Balaban J connectivity index is 2.58. The van der Waals surface area contributed by atoms with Crippen molar-refractivity contribution in [3.63, 3.8) is 0 Å². The highest BCUT2D eigenvalue weighted by Crippen LogP contribution is 2.23. The highest BCUT2D eigenvalue weighted by atomic mass is 32.2. The van der Waals surface area contributed by atoms with Gasteiger partial charge >= 0.3 is 0 Å². The van der Waals surface area contributed by atoms with Crippen LogP contribution in [0.2, 0.25) is 0 Å². The minimum Gasteiger partial charge on any atom is -0.369 e. The average molecular weight is 236 g/mol. The molecule has 0 fully saturated rings. The number of aryl methyl sites for hydroxylation is 1. The molecule has 2 heterocycles. The van der Waals surface area contributed by atoms with Crippen molar-refractivity contribution in [3.8, 4) is 0 Å². The van der Waals surface area contributed by atoms with Crippen LogP contribution in [0, 0.1) is 6.92 Å². The summed E-state index contributed by atoms with van der Waals surface area (Å²) in [6, 6.07) is 4.24. The molecule has 0 saturated carbocycles. The fourth-order valence-electron chi connectivity index (χ4n) is 1.84. The third-order valence-corrected chi connectivity index (χ3v) is 3.37. The van der Waals surface area contributed by atoms with Gasteiger partial charge in [0.1, 0.15) is 5.52 Å². The zero-order valence-electron chi connectivity index (χ0n) is 9.77. The first-order chi connectivity index (χ1) is 7.63. The van der Waals surface area contributed by atoms with Crippen LogP contribution in [0.15, 0.2) is 12.1 Å². The fourth-order valence-corrected chi connectivity index (χ4v) is 2.47. The molecule has 0 aliphatic heterocycles. The molecular formula is C11H16N4S. The van der Waals surface area contributed by atoms with E-state index in [-0.39, 0.29) is 0 Å². The molecule has 2 aromatic rings. The van der Waals surface area contributed by atoms with Crippen molar-refractivity contribution in [2.45, 2.75) is 19.9 Å². The number of hydrogen-bond donors (Lipinski definition) is 1. The Morgan fingerprint density at radius 2 is 2.19 bits per heavy atom. The fraction of sp³-hybridized carbons (Fsp3) is 0.455. The SMILES string of the molecule is CSCC(C)n1c(N)nc2ccc(C)nc21. The molecule has 0 bridgehead atoms. The lowest BCUT2D eigenvalue weighted by molar-refractivity contribution is 0.632. The van der Waals surface area contributed by atoms with Crippen molar-refractivity contribution in [1.29, 1.82) is 0 Å². The van der Waals surface area contributed by atoms with Gasteiger partial charge in [0, 0.05) is 17.5 Å². The number of fused-ring (bicyclic) bond motifs is 1. The quantitative estimate of drug-likeness (QED) is 0.888. The molecule has 0 amide bonds. The summed E-state index contributed by atoms with van der Waals surface area (Å²) in [4.78, 5) is 8.84. The van der Waals surface area contributed by atoms with Crippen molar-refractivity contribution < 1.29 is 0 Å². The number of imidazole rings is 1. The van der Waals surface area contributed by atoms with Gasteiger partial charge in [0.25, 0.3) is 0 Å². The normalized spacial score (nSPS) is 13.2.